The minimum Gasteiger partial charge on any atom is -0.361 e. The van der Waals surface area contributed by atoms with Crippen LogP contribution in [0.2, 0.25) is 0 Å². The quantitative estimate of drug-likeness (QED) is 0.741. The van der Waals surface area contributed by atoms with Crippen LogP contribution in [0.3, 0.4) is 0 Å². The third kappa shape index (κ3) is 4.15. The summed E-state index contributed by atoms with van der Waals surface area (Å²) >= 11 is 1.44. The van der Waals surface area contributed by atoms with Crippen molar-refractivity contribution in [1.29, 1.82) is 0 Å². The molecule has 2 aliphatic heterocycles. The van der Waals surface area contributed by atoms with Gasteiger partial charge in [0, 0.05) is 31.2 Å². The summed E-state index contributed by atoms with van der Waals surface area (Å²) in [5, 5.41) is 3.95. The second-order valence-electron chi connectivity index (χ2n) is 8.53. The Morgan fingerprint density at radius 1 is 1.10 bits per heavy atom. The SMILES string of the molecule is Cc1ncsc1C(=O)N1CCCC[C@H]1C1CCN(C(=O)Cc2c(C)noc2C)CC1. The minimum absolute atomic E-state index is 0.136. The number of carbonyl (C=O) groups is 2. The van der Waals surface area contributed by atoms with Crippen molar-refractivity contribution in [3.63, 3.8) is 0 Å². The lowest BCUT2D eigenvalue weighted by Crippen LogP contribution is -2.51. The van der Waals surface area contributed by atoms with Gasteiger partial charge in [-0.15, -0.1) is 11.3 Å². The highest BCUT2D eigenvalue weighted by Gasteiger charge is 2.36. The number of hydrogen-bond donors (Lipinski definition) is 0. The van der Waals surface area contributed by atoms with Crippen LogP contribution in [0.5, 0.6) is 0 Å². The molecule has 162 valence electrons. The number of piperidine rings is 2. The van der Waals surface area contributed by atoms with Crippen LogP contribution in [0.15, 0.2) is 10.0 Å². The van der Waals surface area contributed by atoms with E-state index in [1.165, 1.54) is 17.8 Å². The Kier molecular flexibility index (Phi) is 6.22. The Morgan fingerprint density at radius 2 is 1.87 bits per heavy atom. The maximum Gasteiger partial charge on any atom is 0.266 e. The zero-order valence-corrected chi connectivity index (χ0v) is 18.8. The molecule has 2 aliphatic rings. The van der Waals surface area contributed by atoms with E-state index in [1.807, 2.05) is 25.7 Å². The summed E-state index contributed by atoms with van der Waals surface area (Å²) < 4.78 is 5.19. The van der Waals surface area contributed by atoms with Crippen LogP contribution >= 0.6 is 11.3 Å². The number of rotatable bonds is 4. The topological polar surface area (TPSA) is 79.5 Å². The van der Waals surface area contributed by atoms with E-state index in [0.29, 0.717) is 12.3 Å². The molecule has 2 amide bonds. The van der Waals surface area contributed by atoms with Gasteiger partial charge in [-0.05, 0) is 58.8 Å². The molecule has 7 nitrogen and oxygen atoms in total. The van der Waals surface area contributed by atoms with Gasteiger partial charge in [0.25, 0.3) is 5.91 Å². The van der Waals surface area contributed by atoms with Crippen molar-refractivity contribution < 1.29 is 14.1 Å². The van der Waals surface area contributed by atoms with Crippen LogP contribution in [0.4, 0.5) is 0 Å². The van der Waals surface area contributed by atoms with Gasteiger partial charge in [-0.3, -0.25) is 9.59 Å². The van der Waals surface area contributed by atoms with E-state index in [9.17, 15) is 9.59 Å². The van der Waals surface area contributed by atoms with Crippen molar-refractivity contribution in [3.8, 4) is 0 Å². The maximum atomic E-state index is 13.2. The Hall–Kier alpha value is -2.22. The monoisotopic (exact) mass is 430 g/mol. The standard InChI is InChI=1S/C22H30N4O3S/c1-14-18(16(3)29-24-14)12-20(27)25-10-7-17(8-11-25)19-6-4-5-9-26(19)22(28)21-15(2)23-13-30-21/h13,17,19H,4-12H2,1-3H3/t19-/m0/s1. The Labute approximate surface area is 181 Å². The summed E-state index contributed by atoms with van der Waals surface area (Å²) in [4.78, 5) is 35.1. The number of thiazole rings is 1. The van der Waals surface area contributed by atoms with Crippen molar-refractivity contribution in [2.24, 2.45) is 5.92 Å². The second-order valence-corrected chi connectivity index (χ2v) is 9.38. The molecule has 2 aromatic heterocycles. The van der Waals surface area contributed by atoms with Crippen LogP contribution in [0, 0.1) is 26.7 Å². The predicted molar refractivity (Wildman–Crippen MR) is 115 cm³/mol. The Balaban J connectivity index is 1.38. The van der Waals surface area contributed by atoms with Gasteiger partial charge in [0.15, 0.2) is 0 Å². The first-order valence-corrected chi connectivity index (χ1v) is 11.7. The zero-order valence-electron chi connectivity index (χ0n) is 18.0. The molecule has 2 saturated heterocycles. The molecular formula is C22H30N4O3S. The van der Waals surface area contributed by atoms with Crippen LogP contribution in [-0.4, -0.2) is 57.4 Å². The summed E-state index contributed by atoms with van der Waals surface area (Å²) in [5.41, 5.74) is 4.29. The smallest absolute Gasteiger partial charge is 0.266 e. The third-order valence-corrected chi connectivity index (χ3v) is 7.61. The van der Waals surface area contributed by atoms with Gasteiger partial charge in [0.05, 0.1) is 23.3 Å². The number of aromatic nitrogens is 2. The highest BCUT2D eigenvalue weighted by molar-refractivity contribution is 7.11. The molecule has 30 heavy (non-hydrogen) atoms. The number of nitrogens with zero attached hydrogens (tertiary/aromatic N) is 4. The van der Waals surface area contributed by atoms with Crippen molar-refractivity contribution in [2.75, 3.05) is 19.6 Å². The number of likely N-dealkylation sites (tertiary alicyclic amines) is 2. The average Bonchev–Trinajstić information content (AvgIpc) is 3.33. The fourth-order valence-electron chi connectivity index (χ4n) is 4.89. The van der Waals surface area contributed by atoms with E-state index in [1.54, 1.807) is 5.51 Å². The van der Waals surface area contributed by atoms with Crippen LogP contribution in [0.1, 0.15) is 64.5 Å². The normalized spacial score (nSPS) is 20.6. The van der Waals surface area contributed by atoms with E-state index < -0.39 is 0 Å². The Bertz CT molecular complexity index is 894. The summed E-state index contributed by atoms with van der Waals surface area (Å²) in [5.74, 6) is 1.45. The van der Waals surface area contributed by atoms with Gasteiger partial charge in [0.2, 0.25) is 5.91 Å². The molecule has 0 aliphatic carbocycles. The molecule has 2 aromatic rings. The predicted octanol–water partition coefficient (Wildman–Crippen LogP) is 3.53. The van der Waals surface area contributed by atoms with Gasteiger partial charge < -0.3 is 14.3 Å². The van der Waals surface area contributed by atoms with E-state index in [0.717, 1.165) is 72.9 Å². The molecule has 0 aromatic carbocycles. The van der Waals surface area contributed by atoms with Crippen LogP contribution < -0.4 is 0 Å². The molecule has 0 unspecified atom stereocenters. The molecule has 2 fully saturated rings. The lowest BCUT2D eigenvalue weighted by Gasteiger charge is -2.43. The van der Waals surface area contributed by atoms with Crippen LogP contribution in [-0.2, 0) is 11.2 Å². The highest BCUT2D eigenvalue weighted by atomic mass is 32.1. The average molecular weight is 431 g/mol. The number of hydrogen-bond acceptors (Lipinski definition) is 6. The first kappa shape index (κ1) is 21.0. The zero-order chi connectivity index (χ0) is 21.3. The van der Waals surface area contributed by atoms with Crippen molar-refractivity contribution in [2.45, 2.75) is 65.3 Å². The first-order valence-electron chi connectivity index (χ1n) is 10.9. The molecule has 0 spiro atoms. The minimum atomic E-state index is 0.136. The molecule has 4 heterocycles. The fourth-order valence-corrected chi connectivity index (χ4v) is 5.65. The van der Waals surface area contributed by atoms with Gasteiger partial charge in [-0.25, -0.2) is 4.98 Å². The molecule has 1 atom stereocenters. The largest absolute Gasteiger partial charge is 0.361 e. The summed E-state index contributed by atoms with van der Waals surface area (Å²) in [6.07, 6.45) is 5.54. The highest BCUT2D eigenvalue weighted by Crippen LogP contribution is 2.32. The van der Waals surface area contributed by atoms with Crippen molar-refractivity contribution in [1.82, 2.24) is 19.9 Å². The summed E-state index contributed by atoms with van der Waals surface area (Å²) in [7, 11) is 0. The summed E-state index contributed by atoms with van der Waals surface area (Å²) in [6, 6.07) is 0.271. The third-order valence-electron chi connectivity index (χ3n) is 6.70. The van der Waals surface area contributed by atoms with Crippen molar-refractivity contribution >= 4 is 23.2 Å². The van der Waals surface area contributed by atoms with E-state index in [4.69, 9.17) is 4.52 Å². The van der Waals surface area contributed by atoms with E-state index in [-0.39, 0.29) is 17.9 Å². The molecule has 4 rings (SSSR count). The first-order chi connectivity index (χ1) is 14.5. The van der Waals surface area contributed by atoms with Crippen LogP contribution in [0.25, 0.3) is 0 Å². The Morgan fingerprint density at radius 3 is 2.50 bits per heavy atom. The van der Waals surface area contributed by atoms with E-state index in [2.05, 4.69) is 15.0 Å². The second kappa shape index (κ2) is 8.88. The fraction of sp³-hybridized carbons (Fsp3) is 0.636. The lowest BCUT2D eigenvalue weighted by molar-refractivity contribution is -0.132. The molecule has 8 heteroatoms. The molecule has 0 radical (unpaired) electrons. The number of aryl methyl sites for hydroxylation is 3. The lowest BCUT2D eigenvalue weighted by atomic mass is 9.83. The van der Waals surface area contributed by atoms with Gasteiger partial charge in [-0.2, -0.15) is 0 Å². The summed E-state index contributed by atoms with van der Waals surface area (Å²) in [6.45, 7) is 7.98. The van der Waals surface area contributed by atoms with Gasteiger partial charge >= 0.3 is 0 Å². The molecule has 0 N–H and O–H groups in total. The maximum absolute atomic E-state index is 13.2. The number of amides is 2. The van der Waals surface area contributed by atoms with Gasteiger partial charge in [0.1, 0.15) is 10.6 Å². The molecule has 0 bridgehead atoms. The number of carbonyl (C=O) groups excluding carboxylic acids is 2. The van der Waals surface area contributed by atoms with Crippen molar-refractivity contribution in [3.05, 3.63) is 33.1 Å². The molecule has 0 saturated carbocycles. The van der Waals surface area contributed by atoms with Gasteiger partial charge in [-0.1, -0.05) is 5.16 Å². The van der Waals surface area contributed by atoms with E-state index >= 15 is 0 Å². The molecular weight excluding hydrogens is 400 g/mol.